The van der Waals surface area contributed by atoms with Gasteiger partial charge in [0.15, 0.2) is 0 Å². The third kappa shape index (κ3) is 3.10. The van der Waals surface area contributed by atoms with Crippen molar-refractivity contribution in [3.05, 3.63) is 35.4 Å². The maximum Gasteiger partial charge on any atom is 0.0346 e. The second-order valence-corrected chi connectivity index (χ2v) is 5.58. The number of rotatable bonds is 3. The standard InChI is InChI=1S/C15H25N3/c1-12-4-6-14(7-5-12)10-18-9-13(2)17(3)15(8-16)11-18/h4-7,13,15H,8-11,16H2,1-3H3. The summed E-state index contributed by atoms with van der Waals surface area (Å²) in [7, 11) is 2.19. The van der Waals surface area contributed by atoms with Crippen LogP contribution in [0.4, 0.5) is 0 Å². The van der Waals surface area contributed by atoms with Crippen LogP contribution in [0.5, 0.6) is 0 Å². The lowest BCUT2D eigenvalue weighted by Crippen LogP contribution is -2.58. The zero-order chi connectivity index (χ0) is 13.1. The average molecular weight is 247 g/mol. The van der Waals surface area contributed by atoms with Crippen LogP contribution in [0.3, 0.4) is 0 Å². The smallest absolute Gasteiger partial charge is 0.0346 e. The van der Waals surface area contributed by atoms with Gasteiger partial charge >= 0.3 is 0 Å². The Kier molecular flexibility index (Phi) is 4.38. The van der Waals surface area contributed by atoms with E-state index in [1.807, 2.05) is 0 Å². The molecule has 2 unspecified atom stereocenters. The van der Waals surface area contributed by atoms with Crippen LogP contribution in [0, 0.1) is 6.92 Å². The molecule has 0 amide bonds. The van der Waals surface area contributed by atoms with Crippen LogP contribution in [0.2, 0.25) is 0 Å². The van der Waals surface area contributed by atoms with E-state index >= 15 is 0 Å². The van der Waals surface area contributed by atoms with Gasteiger partial charge in [-0.2, -0.15) is 0 Å². The SMILES string of the molecule is Cc1ccc(CN2CC(C)N(C)C(CN)C2)cc1. The number of hydrogen-bond acceptors (Lipinski definition) is 3. The molecule has 0 saturated carbocycles. The zero-order valence-corrected chi connectivity index (χ0v) is 11.8. The Morgan fingerprint density at radius 1 is 1.22 bits per heavy atom. The van der Waals surface area contributed by atoms with Gasteiger partial charge in [-0.3, -0.25) is 9.80 Å². The Bertz CT molecular complexity index is 374. The van der Waals surface area contributed by atoms with E-state index in [1.165, 1.54) is 11.1 Å². The van der Waals surface area contributed by atoms with Crippen molar-refractivity contribution in [2.24, 2.45) is 5.73 Å². The first-order chi connectivity index (χ1) is 8.60. The molecule has 0 aliphatic carbocycles. The molecule has 1 aliphatic rings. The first-order valence-corrected chi connectivity index (χ1v) is 6.80. The average Bonchev–Trinajstić information content (AvgIpc) is 2.36. The van der Waals surface area contributed by atoms with Crippen molar-refractivity contribution in [3.63, 3.8) is 0 Å². The Labute approximate surface area is 111 Å². The van der Waals surface area contributed by atoms with E-state index in [2.05, 4.69) is 55.0 Å². The Morgan fingerprint density at radius 2 is 1.89 bits per heavy atom. The number of hydrogen-bond donors (Lipinski definition) is 1. The summed E-state index contributed by atoms with van der Waals surface area (Å²) < 4.78 is 0. The molecule has 0 aromatic heterocycles. The number of aryl methyl sites for hydroxylation is 1. The molecule has 1 heterocycles. The second-order valence-electron chi connectivity index (χ2n) is 5.58. The summed E-state index contributed by atoms with van der Waals surface area (Å²) in [6.45, 7) is 8.39. The summed E-state index contributed by atoms with van der Waals surface area (Å²) in [5.74, 6) is 0. The number of piperazine rings is 1. The van der Waals surface area contributed by atoms with Gasteiger partial charge in [-0.15, -0.1) is 0 Å². The van der Waals surface area contributed by atoms with Crippen LogP contribution in [0.25, 0.3) is 0 Å². The molecule has 1 saturated heterocycles. The van der Waals surface area contributed by atoms with Crippen molar-refractivity contribution in [2.45, 2.75) is 32.5 Å². The van der Waals surface area contributed by atoms with E-state index in [4.69, 9.17) is 5.73 Å². The minimum Gasteiger partial charge on any atom is -0.329 e. The Balaban J connectivity index is 1.99. The highest BCUT2D eigenvalue weighted by Crippen LogP contribution is 2.16. The molecule has 3 nitrogen and oxygen atoms in total. The summed E-state index contributed by atoms with van der Waals surface area (Å²) in [6.07, 6.45) is 0. The molecule has 0 bridgehead atoms. The van der Waals surface area contributed by atoms with E-state index in [9.17, 15) is 0 Å². The molecule has 1 aliphatic heterocycles. The summed E-state index contributed by atoms with van der Waals surface area (Å²) >= 11 is 0. The van der Waals surface area contributed by atoms with Gasteiger partial charge in [0.2, 0.25) is 0 Å². The maximum atomic E-state index is 5.86. The monoisotopic (exact) mass is 247 g/mol. The number of nitrogens with zero attached hydrogens (tertiary/aromatic N) is 2. The van der Waals surface area contributed by atoms with Gasteiger partial charge in [0.1, 0.15) is 0 Å². The minimum atomic E-state index is 0.485. The van der Waals surface area contributed by atoms with E-state index in [0.29, 0.717) is 12.1 Å². The first-order valence-electron chi connectivity index (χ1n) is 6.80. The molecule has 100 valence electrons. The lowest BCUT2D eigenvalue weighted by molar-refractivity contribution is 0.0511. The van der Waals surface area contributed by atoms with Gasteiger partial charge in [-0.25, -0.2) is 0 Å². The fourth-order valence-corrected chi connectivity index (χ4v) is 2.69. The second kappa shape index (κ2) is 5.83. The van der Waals surface area contributed by atoms with Crippen LogP contribution in [0.15, 0.2) is 24.3 Å². The molecule has 18 heavy (non-hydrogen) atoms. The predicted octanol–water partition coefficient (Wildman–Crippen LogP) is 1.46. The predicted molar refractivity (Wildman–Crippen MR) is 76.5 cm³/mol. The molecule has 2 rings (SSSR count). The van der Waals surface area contributed by atoms with Gasteiger partial charge < -0.3 is 5.73 Å². The van der Waals surface area contributed by atoms with Crippen molar-refractivity contribution in [2.75, 3.05) is 26.7 Å². The van der Waals surface area contributed by atoms with Crippen molar-refractivity contribution < 1.29 is 0 Å². The highest BCUT2D eigenvalue weighted by molar-refractivity contribution is 5.21. The van der Waals surface area contributed by atoms with Crippen LogP contribution in [0.1, 0.15) is 18.1 Å². The molecule has 1 aromatic rings. The molecular formula is C15H25N3. The van der Waals surface area contributed by atoms with Crippen molar-refractivity contribution in [3.8, 4) is 0 Å². The Hall–Kier alpha value is -0.900. The third-order valence-electron chi connectivity index (χ3n) is 4.06. The lowest BCUT2D eigenvalue weighted by Gasteiger charge is -2.43. The van der Waals surface area contributed by atoms with Crippen LogP contribution >= 0.6 is 0 Å². The quantitative estimate of drug-likeness (QED) is 0.877. The van der Waals surface area contributed by atoms with Crippen molar-refractivity contribution >= 4 is 0 Å². The lowest BCUT2D eigenvalue weighted by atomic mass is 10.1. The van der Waals surface area contributed by atoms with Gasteiger partial charge in [0.25, 0.3) is 0 Å². The van der Waals surface area contributed by atoms with E-state index in [-0.39, 0.29) is 0 Å². The number of nitrogens with two attached hydrogens (primary N) is 1. The normalized spacial score (nSPS) is 26.4. The first kappa shape index (κ1) is 13.5. The summed E-state index contributed by atoms with van der Waals surface area (Å²) in [5, 5.41) is 0. The fourth-order valence-electron chi connectivity index (χ4n) is 2.69. The van der Waals surface area contributed by atoms with Crippen LogP contribution < -0.4 is 5.73 Å². The molecule has 1 fully saturated rings. The largest absolute Gasteiger partial charge is 0.329 e. The van der Waals surface area contributed by atoms with E-state index in [1.54, 1.807) is 0 Å². The van der Waals surface area contributed by atoms with Gasteiger partial charge in [-0.1, -0.05) is 29.8 Å². The van der Waals surface area contributed by atoms with Crippen molar-refractivity contribution in [1.82, 2.24) is 9.80 Å². The highest BCUT2D eigenvalue weighted by Gasteiger charge is 2.28. The summed E-state index contributed by atoms with van der Waals surface area (Å²) in [5.41, 5.74) is 8.58. The maximum absolute atomic E-state index is 5.86. The van der Waals surface area contributed by atoms with Gasteiger partial charge in [0, 0.05) is 38.3 Å². The number of benzene rings is 1. The molecule has 1 aromatic carbocycles. The van der Waals surface area contributed by atoms with Crippen LogP contribution in [-0.2, 0) is 6.54 Å². The number of likely N-dealkylation sites (N-methyl/N-ethyl adjacent to an activating group) is 1. The van der Waals surface area contributed by atoms with Crippen molar-refractivity contribution in [1.29, 1.82) is 0 Å². The molecule has 3 heteroatoms. The van der Waals surface area contributed by atoms with E-state index < -0.39 is 0 Å². The van der Waals surface area contributed by atoms with Gasteiger partial charge in [-0.05, 0) is 26.5 Å². The topological polar surface area (TPSA) is 32.5 Å². The summed E-state index contributed by atoms with van der Waals surface area (Å²) in [4.78, 5) is 4.93. The highest BCUT2D eigenvalue weighted by atomic mass is 15.3. The molecule has 0 radical (unpaired) electrons. The summed E-state index contributed by atoms with van der Waals surface area (Å²) in [6, 6.07) is 9.91. The fraction of sp³-hybridized carbons (Fsp3) is 0.600. The molecular weight excluding hydrogens is 222 g/mol. The Morgan fingerprint density at radius 3 is 2.50 bits per heavy atom. The van der Waals surface area contributed by atoms with Gasteiger partial charge in [0.05, 0.1) is 0 Å². The van der Waals surface area contributed by atoms with Crippen LogP contribution in [-0.4, -0.2) is 48.6 Å². The third-order valence-corrected chi connectivity index (χ3v) is 4.06. The minimum absolute atomic E-state index is 0.485. The zero-order valence-electron chi connectivity index (χ0n) is 11.8. The van der Waals surface area contributed by atoms with E-state index in [0.717, 1.165) is 26.2 Å². The molecule has 0 spiro atoms. The molecule has 2 N–H and O–H groups in total. The molecule has 2 atom stereocenters.